The third-order valence-corrected chi connectivity index (χ3v) is 5.36. The fourth-order valence-electron chi connectivity index (χ4n) is 3.57. The van der Waals surface area contributed by atoms with Crippen molar-refractivity contribution in [2.24, 2.45) is 0 Å². The fraction of sp³-hybridized carbons (Fsp3) is 0.107. The van der Waals surface area contributed by atoms with Crippen molar-refractivity contribution in [3.8, 4) is 11.5 Å². The van der Waals surface area contributed by atoms with Crippen molar-refractivity contribution in [1.29, 1.82) is 0 Å². The average Bonchev–Trinajstić information content (AvgIpc) is 2.85. The monoisotopic (exact) mass is 440 g/mol. The standard InChI is InChI=1S/C28H25FN2O2/c1-21(23-12-4-2-5-13-23)31(28(32)30-27-18-9-8-17-26(27)29)20-22-11-10-16-25(19-22)33-24-14-6-3-7-15-24/h2-19,21H,20H2,1H3,(H,30,32). The van der Waals surface area contributed by atoms with Crippen LogP contribution in [0.2, 0.25) is 0 Å². The third kappa shape index (κ3) is 5.77. The van der Waals surface area contributed by atoms with E-state index in [1.54, 1.807) is 23.1 Å². The molecule has 0 fully saturated rings. The van der Waals surface area contributed by atoms with Crippen LogP contribution in [0, 0.1) is 5.82 Å². The number of halogens is 1. The van der Waals surface area contributed by atoms with E-state index in [-0.39, 0.29) is 17.8 Å². The molecule has 1 N–H and O–H groups in total. The third-order valence-electron chi connectivity index (χ3n) is 5.36. The van der Waals surface area contributed by atoms with Gasteiger partial charge in [-0.05, 0) is 54.4 Å². The van der Waals surface area contributed by atoms with Crippen LogP contribution < -0.4 is 10.1 Å². The van der Waals surface area contributed by atoms with Crippen molar-refractivity contribution in [3.63, 3.8) is 0 Å². The Morgan fingerprint density at radius 2 is 1.48 bits per heavy atom. The zero-order chi connectivity index (χ0) is 23.0. The summed E-state index contributed by atoms with van der Waals surface area (Å²) in [5.74, 6) is 0.943. The average molecular weight is 441 g/mol. The number of nitrogens with one attached hydrogen (secondary N) is 1. The van der Waals surface area contributed by atoms with Crippen LogP contribution >= 0.6 is 0 Å². The Bertz CT molecular complexity index is 1200. The molecule has 0 aliphatic rings. The summed E-state index contributed by atoms with van der Waals surface area (Å²) >= 11 is 0. The van der Waals surface area contributed by atoms with E-state index in [9.17, 15) is 9.18 Å². The Morgan fingerprint density at radius 3 is 2.21 bits per heavy atom. The van der Waals surface area contributed by atoms with Gasteiger partial charge in [0.05, 0.1) is 11.7 Å². The Kier molecular flexibility index (Phi) is 7.00. The number of carbonyl (C=O) groups excluding carboxylic acids is 1. The van der Waals surface area contributed by atoms with Gasteiger partial charge in [0.15, 0.2) is 0 Å². The summed E-state index contributed by atoms with van der Waals surface area (Å²) < 4.78 is 20.1. The normalized spacial score (nSPS) is 11.5. The summed E-state index contributed by atoms with van der Waals surface area (Å²) in [6.45, 7) is 2.28. The van der Waals surface area contributed by atoms with Crippen LogP contribution in [0.1, 0.15) is 24.1 Å². The lowest BCUT2D eigenvalue weighted by Crippen LogP contribution is -2.36. The van der Waals surface area contributed by atoms with Crippen LogP contribution in [0.4, 0.5) is 14.9 Å². The van der Waals surface area contributed by atoms with E-state index in [4.69, 9.17) is 4.74 Å². The van der Waals surface area contributed by atoms with E-state index in [0.717, 1.165) is 16.9 Å². The summed E-state index contributed by atoms with van der Waals surface area (Å²) in [7, 11) is 0. The Balaban J connectivity index is 1.59. The van der Waals surface area contributed by atoms with Gasteiger partial charge in [-0.2, -0.15) is 0 Å². The number of benzene rings is 4. The highest BCUT2D eigenvalue weighted by Crippen LogP contribution is 2.27. The minimum atomic E-state index is -0.476. The molecule has 0 aliphatic heterocycles. The van der Waals surface area contributed by atoms with E-state index in [1.807, 2.05) is 91.9 Å². The molecule has 4 nitrogen and oxygen atoms in total. The van der Waals surface area contributed by atoms with E-state index in [1.165, 1.54) is 6.07 Å². The SMILES string of the molecule is CC(c1ccccc1)N(Cc1cccc(Oc2ccccc2)c1)C(=O)Nc1ccccc1F. The van der Waals surface area contributed by atoms with Crippen molar-refractivity contribution >= 4 is 11.7 Å². The lowest BCUT2D eigenvalue weighted by molar-refractivity contribution is 0.189. The van der Waals surface area contributed by atoms with Crippen LogP contribution in [-0.4, -0.2) is 10.9 Å². The van der Waals surface area contributed by atoms with Gasteiger partial charge in [-0.3, -0.25) is 0 Å². The molecule has 0 aliphatic carbocycles. The number of para-hydroxylation sites is 2. The Labute approximate surface area is 193 Å². The number of ether oxygens (including phenoxy) is 1. The Hall–Kier alpha value is -4.12. The molecule has 33 heavy (non-hydrogen) atoms. The van der Waals surface area contributed by atoms with Crippen LogP contribution in [0.25, 0.3) is 0 Å². The van der Waals surface area contributed by atoms with Gasteiger partial charge in [-0.25, -0.2) is 9.18 Å². The molecular weight excluding hydrogens is 415 g/mol. The van der Waals surface area contributed by atoms with Gasteiger partial charge in [0, 0.05) is 6.54 Å². The zero-order valence-corrected chi connectivity index (χ0v) is 18.3. The number of carbonyl (C=O) groups is 1. The quantitative estimate of drug-likeness (QED) is 0.325. The summed E-state index contributed by atoms with van der Waals surface area (Å²) in [6.07, 6.45) is 0. The molecule has 166 valence electrons. The number of anilines is 1. The van der Waals surface area contributed by atoms with E-state index in [0.29, 0.717) is 12.3 Å². The summed E-state index contributed by atoms with van der Waals surface area (Å²) in [5, 5.41) is 2.72. The van der Waals surface area contributed by atoms with Crippen LogP contribution in [-0.2, 0) is 6.54 Å². The molecule has 4 aromatic carbocycles. The molecule has 0 bridgehead atoms. The van der Waals surface area contributed by atoms with Crippen LogP contribution in [0.5, 0.6) is 11.5 Å². The number of amides is 2. The summed E-state index contributed by atoms with van der Waals surface area (Å²) in [4.78, 5) is 15.0. The molecule has 1 atom stereocenters. The van der Waals surface area contributed by atoms with Crippen molar-refractivity contribution < 1.29 is 13.9 Å². The predicted octanol–water partition coefficient (Wildman–Crippen LogP) is 7.41. The molecule has 0 aromatic heterocycles. The first-order valence-corrected chi connectivity index (χ1v) is 10.8. The molecule has 0 radical (unpaired) electrons. The minimum absolute atomic E-state index is 0.147. The van der Waals surface area contributed by atoms with Crippen molar-refractivity contribution in [2.45, 2.75) is 19.5 Å². The molecule has 4 aromatic rings. The number of rotatable bonds is 7. The van der Waals surface area contributed by atoms with Gasteiger partial charge in [0.2, 0.25) is 0 Å². The maximum atomic E-state index is 14.2. The van der Waals surface area contributed by atoms with E-state index < -0.39 is 5.82 Å². The van der Waals surface area contributed by atoms with E-state index in [2.05, 4.69) is 5.32 Å². The highest BCUT2D eigenvalue weighted by atomic mass is 19.1. The van der Waals surface area contributed by atoms with Gasteiger partial charge in [0.1, 0.15) is 17.3 Å². The maximum absolute atomic E-state index is 14.2. The molecule has 1 unspecified atom stereocenters. The predicted molar refractivity (Wildman–Crippen MR) is 129 cm³/mol. The first-order valence-electron chi connectivity index (χ1n) is 10.8. The molecule has 0 saturated carbocycles. The number of hydrogen-bond acceptors (Lipinski definition) is 2. The van der Waals surface area contributed by atoms with Gasteiger partial charge in [-0.15, -0.1) is 0 Å². The first kappa shape index (κ1) is 22.1. The fourth-order valence-corrected chi connectivity index (χ4v) is 3.57. The molecule has 4 rings (SSSR count). The number of urea groups is 1. The maximum Gasteiger partial charge on any atom is 0.322 e. The first-order chi connectivity index (χ1) is 16.1. The van der Waals surface area contributed by atoms with Gasteiger partial charge < -0.3 is 15.0 Å². The van der Waals surface area contributed by atoms with Gasteiger partial charge in [-0.1, -0.05) is 72.8 Å². The van der Waals surface area contributed by atoms with E-state index >= 15 is 0 Å². The Morgan fingerprint density at radius 1 is 0.848 bits per heavy atom. The minimum Gasteiger partial charge on any atom is -0.457 e. The molecule has 2 amide bonds. The topological polar surface area (TPSA) is 41.6 Å². The molecule has 0 spiro atoms. The van der Waals surface area contributed by atoms with Crippen LogP contribution in [0.15, 0.2) is 109 Å². The van der Waals surface area contributed by atoms with Crippen molar-refractivity contribution in [3.05, 3.63) is 126 Å². The smallest absolute Gasteiger partial charge is 0.322 e. The lowest BCUT2D eigenvalue weighted by atomic mass is 10.1. The van der Waals surface area contributed by atoms with Gasteiger partial charge >= 0.3 is 6.03 Å². The highest BCUT2D eigenvalue weighted by molar-refractivity contribution is 5.89. The second-order valence-electron chi connectivity index (χ2n) is 7.69. The number of hydrogen-bond donors (Lipinski definition) is 1. The molecular formula is C28H25FN2O2. The molecule has 0 saturated heterocycles. The number of nitrogens with zero attached hydrogens (tertiary/aromatic N) is 1. The zero-order valence-electron chi connectivity index (χ0n) is 18.3. The van der Waals surface area contributed by atoms with Crippen LogP contribution in [0.3, 0.4) is 0 Å². The molecule has 0 heterocycles. The summed E-state index contributed by atoms with van der Waals surface area (Å²) in [5.41, 5.74) is 2.03. The van der Waals surface area contributed by atoms with Crippen molar-refractivity contribution in [2.75, 3.05) is 5.32 Å². The largest absolute Gasteiger partial charge is 0.457 e. The van der Waals surface area contributed by atoms with Crippen molar-refractivity contribution in [1.82, 2.24) is 4.90 Å². The second-order valence-corrected chi connectivity index (χ2v) is 7.69. The summed E-state index contributed by atoms with van der Waals surface area (Å²) in [6, 6.07) is 32.4. The second kappa shape index (κ2) is 10.5. The molecule has 5 heteroatoms. The van der Waals surface area contributed by atoms with Gasteiger partial charge in [0.25, 0.3) is 0 Å². The highest BCUT2D eigenvalue weighted by Gasteiger charge is 2.23. The lowest BCUT2D eigenvalue weighted by Gasteiger charge is -2.30.